The standard InChI is InChI=1S/C37H24FN5.C22H14ClFN2.C21H22BN3O2.C16H11ClN2.C12H15BClFO2.I4/c38-31-22-21-29(33-24-32(25-13-5-1-6-14-25)39-34(40-33)26-15-7-2-8-16-26)23-30(31)37-42-35(27-17-9-3-10-18-27)41-36(43-37)28-19-11-4-12-20-28;23-18-13-17(11-12-19(18)24)21-14-20(15-7-3-1-4-8-15)25-22(26-21)16-9-5-2-6-10-16;1-20(2)21(3,4)27-22(26-20)19-24-17(15-11-7-5-8-12-15)23-18(25-19)16-13-9-6-10-14-16;17-15-11-14(12-7-3-1-4-8-12)18-16(19-15)13-9-5-2-6-10-13;1-11(2)12(3,4)17-13(16-11)8-5-6-10(15)9(14)7-8;1-4(2)3/h1-24H;1-14H;5-14H,1-4H3;1-11H;5-7H,1-4H3;. The zero-order valence-corrected chi connectivity index (χ0v) is 85.6. The van der Waals surface area contributed by atoms with E-state index in [1.807, 2.05) is 371 Å². The van der Waals surface area contributed by atoms with Crippen molar-refractivity contribution in [2.75, 3.05) is 0 Å². The summed E-state index contributed by atoms with van der Waals surface area (Å²) in [7, 11) is -1.49. The number of benzene rings is 13. The van der Waals surface area contributed by atoms with Gasteiger partial charge in [0.15, 0.2) is 52.3 Å². The van der Waals surface area contributed by atoms with Crippen molar-refractivity contribution >= 4 is 124 Å². The van der Waals surface area contributed by atoms with Crippen LogP contribution in [0.4, 0.5) is 13.2 Å². The van der Waals surface area contributed by atoms with Crippen LogP contribution in [0, 0.1) is 17.5 Å². The van der Waals surface area contributed by atoms with Crippen molar-refractivity contribution in [3.63, 3.8) is 0 Å². The molecule has 0 spiro atoms. The van der Waals surface area contributed by atoms with E-state index in [2.05, 4.69) is 85.8 Å². The third-order valence-corrected chi connectivity index (χ3v) is 23.3. The number of rotatable bonds is 15. The van der Waals surface area contributed by atoms with E-state index in [0.717, 1.165) is 89.3 Å². The van der Waals surface area contributed by atoms with E-state index in [1.54, 1.807) is 42.5 Å². The minimum atomic E-state index is -0.636. The van der Waals surface area contributed by atoms with E-state index in [4.69, 9.17) is 83.3 Å². The second-order valence-electron chi connectivity index (χ2n) is 33.0. The molecule has 0 unspecified atom stereocenters. The maximum atomic E-state index is 15.6. The minimum absolute atomic E-state index is 0.0728. The van der Waals surface area contributed by atoms with Crippen LogP contribution in [0.15, 0.2) is 376 Å². The van der Waals surface area contributed by atoms with Gasteiger partial charge in [0, 0.05) is 72.8 Å². The maximum absolute atomic E-state index is 15.6. The molecule has 20 rings (SSSR count). The van der Waals surface area contributed by atoms with Crippen LogP contribution in [-0.4, -0.2) is 96.4 Å². The molecule has 136 heavy (non-hydrogen) atoms. The number of hydrogen-bond donors (Lipinski definition) is 0. The first-order valence-corrected chi connectivity index (χ1v) is 63.1. The van der Waals surface area contributed by atoms with Crippen LogP contribution in [0.1, 0.15) is 55.4 Å². The molecule has 28 heteroatoms. The van der Waals surface area contributed by atoms with Crippen molar-refractivity contribution in [3.05, 3.63) is 409 Å². The fourth-order valence-electron chi connectivity index (χ4n) is 14.0. The summed E-state index contributed by atoms with van der Waals surface area (Å²) < 4.78 is 66.2. The van der Waals surface area contributed by atoms with Crippen LogP contribution in [0.5, 0.6) is 0 Å². The van der Waals surface area contributed by atoms with E-state index < -0.39 is 54.1 Å². The van der Waals surface area contributed by atoms with Gasteiger partial charge in [-0.1, -0.05) is 344 Å². The van der Waals surface area contributed by atoms with Crippen LogP contribution in [0.2, 0.25) is 15.2 Å². The van der Waals surface area contributed by atoms with Crippen LogP contribution in [-0.2, 0) is 18.6 Å². The molecule has 678 valence electrons. The molecular weight excluding hydrogens is 2220 g/mol. The van der Waals surface area contributed by atoms with E-state index in [-0.39, 0.29) is 29.3 Å². The molecule has 0 atom stereocenters. The molecule has 2 fully saturated rings. The zero-order valence-electron chi connectivity index (χ0n) is 74.7. The Morgan fingerprint density at radius 1 is 0.235 bits per heavy atom. The summed E-state index contributed by atoms with van der Waals surface area (Å²) >= 11 is 25.2. The Labute approximate surface area is 840 Å². The SMILES string of the molecule is CC1(C)OB(c2ccc(F)c(Cl)c2)OC1(C)C.CC1(C)OB(c2nc(-c3ccccc3)nc(-c3ccccc3)n2)OC1(C)C.Clc1cc(-c2ccccc2)nc(-c2ccccc2)n1.Fc1ccc(-c2cc(-c3ccccc3)nc(-c3ccccc3)n2)cc1-c1nc(-c2ccccc2)nc(-c2ccccc2)n1.Fc1ccc(-c2cc(-c3ccccc3)nc(-c3ccccc3)n2)cc1Cl.II(I)I. The molecule has 13 aromatic carbocycles. The predicted octanol–water partition coefficient (Wildman–Crippen LogP) is 29.4. The van der Waals surface area contributed by atoms with Gasteiger partial charge in [0.05, 0.1) is 66.5 Å². The summed E-state index contributed by atoms with van der Waals surface area (Å²) in [5, 5.41) is 0.605. The molecule has 7 heterocycles. The fourth-order valence-corrected chi connectivity index (χ4v) is 14.5. The van der Waals surface area contributed by atoms with Gasteiger partial charge in [-0.05, 0) is 122 Å². The van der Waals surface area contributed by atoms with Gasteiger partial charge in [-0.15, -0.1) is 0 Å². The third-order valence-electron chi connectivity index (χ3n) is 22.5. The number of aromatic nitrogens is 12. The molecule has 16 nitrogen and oxygen atoms in total. The fraction of sp³-hybridized carbons (Fsp3) is 0.111. The molecular formula is C108H86B2Cl3F3I4N12O4. The molecule has 0 aliphatic carbocycles. The van der Waals surface area contributed by atoms with Gasteiger partial charge >= 0.3 is 78.0 Å². The molecule has 2 aliphatic rings. The first kappa shape index (κ1) is 99.2. The van der Waals surface area contributed by atoms with Crippen molar-refractivity contribution < 1.29 is 31.8 Å². The summed E-state index contributed by atoms with van der Waals surface area (Å²) in [5.41, 5.74) is 14.2. The first-order valence-electron chi connectivity index (χ1n) is 43.1. The van der Waals surface area contributed by atoms with Crippen molar-refractivity contribution in [2.45, 2.75) is 77.8 Å². The quantitative estimate of drug-likeness (QED) is 0.0534. The van der Waals surface area contributed by atoms with Gasteiger partial charge in [-0.25, -0.2) is 73.0 Å². The van der Waals surface area contributed by atoms with Crippen LogP contribution in [0.3, 0.4) is 0 Å². The summed E-state index contributed by atoms with van der Waals surface area (Å²) in [5.74, 6) is 2.91. The number of halogens is 10. The van der Waals surface area contributed by atoms with Crippen molar-refractivity contribution in [3.8, 4) is 147 Å². The molecule has 0 radical (unpaired) electrons. The van der Waals surface area contributed by atoms with E-state index in [1.165, 1.54) is 18.2 Å². The average Bonchev–Trinajstić information content (AvgIpc) is 1.59. The second-order valence-corrected chi connectivity index (χ2v) is 82.9. The Kier molecular flexibility index (Phi) is 33.4. The Morgan fingerprint density at radius 2 is 0.471 bits per heavy atom. The molecule has 18 aromatic rings. The summed E-state index contributed by atoms with van der Waals surface area (Å²) in [6.07, 6.45) is 0. The number of nitrogens with zero attached hydrogens (tertiary/aromatic N) is 12. The van der Waals surface area contributed by atoms with Gasteiger partial charge in [-0.3, -0.25) is 0 Å². The molecule has 0 amide bonds. The van der Waals surface area contributed by atoms with Crippen molar-refractivity contribution in [1.82, 2.24) is 59.8 Å². The van der Waals surface area contributed by atoms with E-state index >= 15 is 4.39 Å². The van der Waals surface area contributed by atoms with Gasteiger partial charge in [0.25, 0.3) is 0 Å². The summed E-state index contributed by atoms with van der Waals surface area (Å²) in [6, 6.07) is 118. The Bertz CT molecular complexity index is 6760. The Hall–Kier alpha value is -11.3. The van der Waals surface area contributed by atoms with Gasteiger partial charge < -0.3 is 18.6 Å². The van der Waals surface area contributed by atoms with Crippen LogP contribution < -0.4 is 11.2 Å². The predicted molar refractivity (Wildman–Crippen MR) is 579 cm³/mol. The number of hydrogen-bond acceptors (Lipinski definition) is 16. The summed E-state index contributed by atoms with van der Waals surface area (Å²) in [4.78, 5) is 56.3. The van der Waals surface area contributed by atoms with E-state index in [0.29, 0.717) is 63.0 Å². The zero-order chi connectivity index (χ0) is 95.5. The van der Waals surface area contributed by atoms with Crippen LogP contribution >= 0.6 is 98.5 Å². The molecule has 2 saturated heterocycles. The summed E-state index contributed by atoms with van der Waals surface area (Å²) in [6.45, 7) is 16.0. The first-order chi connectivity index (χ1) is 65.6. The molecule has 5 aromatic heterocycles. The topological polar surface area (TPSA) is 192 Å². The van der Waals surface area contributed by atoms with Gasteiger partial charge in [-0.2, -0.15) is 0 Å². The van der Waals surface area contributed by atoms with Gasteiger partial charge in [0.2, 0.25) is 0 Å². The third kappa shape index (κ3) is 25.7. The van der Waals surface area contributed by atoms with E-state index in [9.17, 15) is 8.78 Å². The van der Waals surface area contributed by atoms with Crippen LogP contribution in [0.25, 0.3) is 147 Å². The molecule has 0 N–H and O–H groups in total. The molecule has 0 bridgehead atoms. The Balaban J connectivity index is 0.000000133. The van der Waals surface area contributed by atoms with Crippen molar-refractivity contribution in [1.29, 1.82) is 0 Å². The van der Waals surface area contributed by atoms with Crippen molar-refractivity contribution in [2.24, 2.45) is 0 Å². The Morgan fingerprint density at radius 3 is 0.779 bits per heavy atom. The molecule has 0 saturated carbocycles. The second kappa shape index (κ2) is 45.8. The average molecular weight is 2310 g/mol. The normalized spacial score (nSPS) is 13.6. The van der Waals surface area contributed by atoms with Gasteiger partial charge in [0.1, 0.15) is 22.6 Å². The monoisotopic (exact) mass is 2310 g/mol. The molecule has 2 aliphatic heterocycles.